The summed E-state index contributed by atoms with van der Waals surface area (Å²) in [5.74, 6) is 0. The van der Waals surface area contributed by atoms with Crippen LogP contribution in [0.3, 0.4) is 0 Å². The molecule has 0 aliphatic rings. The van der Waals surface area contributed by atoms with Crippen molar-refractivity contribution in [2.45, 2.75) is 0 Å². The molecule has 37 valence electrons. The monoisotopic (exact) mass is 496 g/mol. The van der Waals surface area contributed by atoms with E-state index in [-0.39, 0.29) is 69.8 Å². The summed E-state index contributed by atoms with van der Waals surface area (Å²) in [6.45, 7) is 0. The van der Waals surface area contributed by atoms with Crippen LogP contribution < -0.4 is 5.26 Å². The molecule has 0 aliphatic heterocycles. The van der Waals surface area contributed by atoms with Crippen LogP contribution >= 0.6 is 0 Å². The van der Waals surface area contributed by atoms with Gasteiger partial charge in [0.2, 0.25) is 0 Å². The van der Waals surface area contributed by atoms with Gasteiger partial charge in [-0.3, -0.25) is 0 Å². The standard InChI is InChI=1S/Ca.O2.2O.Pb.W/c;1-2;;;;/q+2;-2;2*-1;+1;. The second-order valence-electron chi connectivity index (χ2n) is 0.0833. The van der Waals surface area contributed by atoms with E-state index in [0.717, 1.165) is 0 Å². The average molecular weight is 495 g/mol. The minimum Gasteiger partial charge on any atom is 0 e. The summed E-state index contributed by atoms with van der Waals surface area (Å²) < 4.78 is 3.14. The Labute approximate surface area is 102 Å². The summed E-state index contributed by atoms with van der Waals surface area (Å²) in [5, 5.41) is 8.49. The summed E-state index contributed by atoms with van der Waals surface area (Å²) in [6.07, 6.45) is 0. The van der Waals surface area contributed by atoms with Crippen LogP contribution in [0.25, 0.3) is 0 Å². The third-order valence-electron chi connectivity index (χ3n) is 0. The second kappa shape index (κ2) is 37.6. The normalized spacial score (nSPS) is 2.57. The third kappa shape index (κ3) is 53.4. The fourth-order valence-corrected chi connectivity index (χ4v) is 0. The van der Waals surface area contributed by atoms with E-state index < -0.39 is 0 Å². The zero-order valence-corrected chi connectivity index (χ0v) is 12.3. The molecule has 0 saturated heterocycles. The molecule has 0 aromatic carbocycles. The fraction of sp³-hybridized carbons (Fsp3) is 0. The van der Waals surface area contributed by atoms with E-state index in [0.29, 0.717) is 26.2 Å². The minimum atomic E-state index is 0. The maximum atomic E-state index is 8.49. The van der Waals surface area contributed by atoms with Gasteiger partial charge in [-0.05, 0) is 0 Å². The van der Waals surface area contributed by atoms with E-state index >= 15 is 0 Å². The molecular weight excluding hydrogens is 495 g/mol. The Morgan fingerprint density at radius 2 is 1.29 bits per heavy atom. The maximum absolute atomic E-state index is 8.49. The Hall–Kier alpha value is 2.71. The van der Waals surface area contributed by atoms with Crippen LogP contribution in [0.15, 0.2) is 0 Å². The molecule has 0 saturated carbocycles. The molecule has 0 fully saturated rings. The van der Waals surface area contributed by atoms with Crippen LogP contribution in [0.5, 0.6) is 0 Å². The summed E-state index contributed by atoms with van der Waals surface area (Å²) in [5.41, 5.74) is 0. The summed E-state index contributed by atoms with van der Waals surface area (Å²) in [6, 6.07) is 0. The number of rotatable bonds is 0. The van der Waals surface area contributed by atoms with E-state index in [1.807, 2.05) is 0 Å². The van der Waals surface area contributed by atoms with Crippen LogP contribution in [0.4, 0.5) is 0 Å². The number of hydrogen-bond acceptors (Lipinski definition) is 4. The van der Waals surface area contributed by atoms with Gasteiger partial charge in [-0.25, -0.2) is 0 Å². The van der Waals surface area contributed by atoms with Gasteiger partial charge in [0.15, 0.2) is 0 Å². The van der Waals surface area contributed by atoms with Gasteiger partial charge in [0, 0.05) is 21.1 Å². The Bertz CT molecular complexity index is 11.7. The Morgan fingerprint density at radius 3 is 1.29 bits per heavy atom. The largest absolute Gasteiger partial charge is 0 e. The van der Waals surface area contributed by atoms with Gasteiger partial charge >= 0.3 is 72.1 Å². The summed E-state index contributed by atoms with van der Waals surface area (Å²) >= 11 is 0.313. The van der Waals surface area contributed by atoms with Crippen molar-refractivity contribution in [2.24, 2.45) is 0 Å². The zero-order valence-electron chi connectivity index (χ0n) is 3.25. The Kier molecular flexibility index (Phi) is 178. The van der Waals surface area contributed by atoms with Crippen molar-refractivity contribution in [3.05, 3.63) is 0 Å². The maximum Gasteiger partial charge on any atom is 0 e. The zero-order chi connectivity index (χ0) is 2.71. The first-order valence-electron chi connectivity index (χ1n) is 0.371. The molecule has 0 aromatic heterocycles. The molecule has 0 amide bonds. The van der Waals surface area contributed by atoms with Crippen molar-refractivity contribution in [3.63, 3.8) is 0 Å². The SMILES string of the molecule is [Ca+2].[O-].[O-].[O-][O][Pb].[W]. The first kappa shape index (κ1) is 33.2. The van der Waals surface area contributed by atoms with E-state index in [1.54, 1.807) is 0 Å². The number of hydrogen-bond donors (Lipinski definition) is 0. The molecule has 0 atom stereocenters. The van der Waals surface area contributed by atoms with Crippen molar-refractivity contribution >= 4 is 64.0 Å². The molecule has 5 radical (unpaired) electrons. The van der Waals surface area contributed by atoms with Crippen LogP contribution in [0.1, 0.15) is 0 Å². The van der Waals surface area contributed by atoms with E-state index in [2.05, 4.69) is 2.84 Å². The Balaban J connectivity index is -0.00000000333. The molecule has 0 aliphatic carbocycles. The second-order valence-corrected chi connectivity index (χ2v) is 0.731. The molecule has 0 unspecified atom stereocenters. The predicted octanol–water partition coefficient (Wildman–Crippen LogP) is -2.26. The van der Waals surface area contributed by atoms with Gasteiger partial charge in [-0.15, -0.1) is 0 Å². The van der Waals surface area contributed by atoms with Crippen molar-refractivity contribution in [1.82, 2.24) is 0 Å². The van der Waals surface area contributed by atoms with Gasteiger partial charge in [0.25, 0.3) is 0 Å². The third-order valence-corrected chi connectivity index (χ3v) is 0. The van der Waals surface area contributed by atoms with Gasteiger partial charge in [0.05, 0.1) is 0 Å². The van der Waals surface area contributed by atoms with Crippen LogP contribution in [0, 0.1) is 0 Å². The van der Waals surface area contributed by atoms with Crippen LogP contribution in [0.2, 0.25) is 0 Å². The smallest absolute Gasteiger partial charge is 0 e. The molecule has 7 heteroatoms. The van der Waals surface area contributed by atoms with Gasteiger partial charge < -0.3 is 11.0 Å². The predicted molar refractivity (Wildman–Crippen MR) is 14.0 cm³/mol. The van der Waals surface area contributed by atoms with Crippen LogP contribution in [-0.2, 0) is 34.9 Å². The van der Waals surface area contributed by atoms with E-state index in [9.17, 15) is 0 Å². The van der Waals surface area contributed by atoms with Crippen molar-refractivity contribution in [3.8, 4) is 0 Å². The molecule has 0 rings (SSSR count). The first-order valence-corrected chi connectivity index (χ1v) is 1.96. The van der Waals surface area contributed by atoms with Crippen molar-refractivity contribution in [2.75, 3.05) is 0 Å². The summed E-state index contributed by atoms with van der Waals surface area (Å²) in [7, 11) is 0. The fourth-order valence-electron chi connectivity index (χ4n) is 0. The average Bonchev–Trinajstić information content (AvgIpc) is 0.918. The summed E-state index contributed by atoms with van der Waals surface area (Å²) in [4.78, 5) is 0. The van der Waals surface area contributed by atoms with Crippen molar-refractivity contribution < 1.29 is 40.1 Å². The topological polar surface area (TPSA) is 89.3 Å². The molecule has 7 heavy (non-hydrogen) atoms. The van der Waals surface area contributed by atoms with Gasteiger partial charge in [-0.1, -0.05) is 0 Å². The van der Waals surface area contributed by atoms with E-state index in [1.165, 1.54) is 0 Å². The molecule has 4 nitrogen and oxygen atoms in total. The molecule has 0 heterocycles. The Morgan fingerprint density at radius 1 is 1.29 bits per heavy atom. The molecule has 0 aromatic rings. The van der Waals surface area contributed by atoms with Crippen molar-refractivity contribution in [1.29, 1.82) is 0 Å². The van der Waals surface area contributed by atoms with E-state index in [4.69, 9.17) is 5.26 Å². The molecule has 0 bridgehead atoms. The quantitative estimate of drug-likeness (QED) is 0.216. The van der Waals surface area contributed by atoms with Gasteiger partial charge in [0.1, 0.15) is 0 Å². The van der Waals surface area contributed by atoms with Gasteiger partial charge in [-0.2, -0.15) is 0 Å². The van der Waals surface area contributed by atoms with Crippen LogP contribution in [-0.4, -0.2) is 64.0 Å². The minimum absolute atomic E-state index is 0. The molecule has 0 spiro atoms. The first-order chi connectivity index (χ1) is 1.41. The molecular formula is CaO4PbW-. The molecule has 0 N–H and O–H groups in total.